The molecule has 3 N–H and O–H groups in total. The van der Waals surface area contributed by atoms with Crippen molar-refractivity contribution in [1.82, 2.24) is 15.3 Å². The zero-order chi connectivity index (χ0) is 15.5. The molecular formula is C13H17F3N4O. The molecule has 0 aliphatic carbocycles. The van der Waals surface area contributed by atoms with Crippen molar-refractivity contribution >= 4 is 5.91 Å². The standard InChI is InChI=1S/C13H17F3N4O/c14-13(15,16)9-3-2-6-20(7-9)8-10-4-1-5-11(18-10)12(21)19-17/h1,4-5,9H,2-3,6-8,17H2,(H,19,21). The highest BCUT2D eigenvalue weighted by molar-refractivity contribution is 5.91. The van der Waals surface area contributed by atoms with Gasteiger partial charge in [-0.25, -0.2) is 10.8 Å². The summed E-state index contributed by atoms with van der Waals surface area (Å²) in [7, 11) is 0. The molecule has 2 heterocycles. The van der Waals surface area contributed by atoms with Crippen LogP contribution in [-0.2, 0) is 6.54 Å². The molecule has 1 amide bonds. The van der Waals surface area contributed by atoms with Gasteiger partial charge >= 0.3 is 6.18 Å². The molecule has 1 aliphatic rings. The molecule has 1 fully saturated rings. The van der Waals surface area contributed by atoms with E-state index in [9.17, 15) is 18.0 Å². The Bertz CT molecular complexity index is 506. The van der Waals surface area contributed by atoms with Crippen LogP contribution >= 0.6 is 0 Å². The van der Waals surface area contributed by atoms with Gasteiger partial charge in [-0.1, -0.05) is 6.07 Å². The van der Waals surface area contributed by atoms with Gasteiger partial charge in [0.2, 0.25) is 0 Å². The number of nitrogens with one attached hydrogen (secondary N) is 1. The zero-order valence-corrected chi connectivity index (χ0v) is 11.4. The number of carbonyl (C=O) groups excluding carboxylic acids is 1. The summed E-state index contributed by atoms with van der Waals surface area (Å²) in [6.45, 7) is 0.859. The lowest BCUT2D eigenvalue weighted by atomic mass is 9.97. The van der Waals surface area contributed by atoms with Crippen LogP contribution in [0.5, 0.6) is 0 Å². The molecule has 8 heteroatoms. The largest absolute Gasteiger partial charge is 0.393 e. The van der Waals surface area contributed by atoms with Crippen molar-refractivity contribution in [1.29, 1.82) is 0 Å². The number of nitrogen functional groups attached to an aromatic ring is 1. The lowest BCUT2D eigenvalue weighted by Gasteiger charge is -2.33. The fourth-order valence-electron chi connectivity index (χ4n) is 2.46. The second kappa shape index (κ2) is 6.40. The van der Waals surface area contributed by atoms with Gasteiger partial charge in [-0.05, 0) is 31.5 Å². The predicted octanol–water partition coefficient (Wildman–Crippen LogP) is 1.46. The molecule has 2 rings (SSSR count). The van der Waals surface area contributed by atoms with Gasteiger partial charge in [-0.15, -0.1) is 0 Å². The molecule has 21 heavy (non-hydrogen) atoms. The van der Waals surface area contributed by atoms with E-state index in [1.54, 1.807) is 17.0 Å². The number of aromatic nitrogens is 1. The van der Waals surface area contributed by atoms with Crippen LogP contribution in [0.15, 0.2) is 18.2 Å². The van der Waals surface area contributed by atoms with Crippen molar-refractivity contribution in [2.75, 3.05) is 13.1 Å². The highest BCUT2D eigenvalue weighted by Crippen LogP contribution is 2.33. The predicted molar refractivity (Wildman–Crippen MR) is 69.9 cm³/mol. The second-order valence-corrected chi connectivity index (χ2v) is 5.10. The maximum Gasteiger partial charge on any atom is 0.393 e. The third-order valence-corrected chi connectivity index (χ3v) is 3.52. The molecule has 1 aromatic heterocycles. The van der Waals surface area contributed by atoms with E-state index >= 15 is 0 Å². The number of hydrogen-bond acceptors (Lipinski definition) is 4. The average molecular weight is 302 g/mol. The minimum atomic E-state index is -4.16. The van der Waals surface area contributed by atoms with Crippen LogP contribution in [0, 0.1) is 5.92 Å². The molecule has 1 aromatic rings. The van der Waals surface area contributed by atoms with Gasteiger partial charge in [0.1, 0.15) is 5.69 Å². The SMILES string of the molecule is NNC(=O)c1cccc(CN2CCCC(C(F)(F)F)C2)n1. The topological polar surface area (TPSA) is 71.2 Å². The summed E-state index contributed by atoms with van der Waals surface area (Å²) in [5.74, 6) is 3.22. The van der Waals surface area contributed by atoms with E-state index in [1.165, 1.54) is 6.07 Å². The Balaban J connectivity index is 2.03. The third-order valence-electron chi connectivity index (χ3n) is 3.52. The number of likely N-dealkylation sites (tertiary alicyclic amines) is 1. The minimum absolute atomic E-state index is 0.0293. The number of nitrogens with two attached hydrogens (primary N) is 1. The van der Waals surface area contributed by atoms with Crippen LogP contribution in [0.3, 0.4) is 0 Å². The normalized spacial score (nSPS) is 20.3. The molecule has 1 atom stereocenters. The highest BCUT2D eigenvalue weighted by atomic mass is 19.4. The highest BCUT2D eigenvalue weighted by Gasteiger charge is 2.41. The van der Waals surface area contributed by atoms with Crippen LogP contribution in [0.4, 0.5) is 13.2 Å². The first-order valence-electron chi connectivity index (χ1n) is 6.66. The summed E-state index contributed by atoms with van der Waals surface area (Å²) < 4.78 is 38.3. The summed E-state index contributed by atoms with van der Waals surface area (Å²) in [6, 6.07) is 4.82. The van der Waals surface area contributed by atoms with Crippen LogP contribution in [0.2, 0.25) is 0 Å². The number of rotatable bonds is 3. The molecule has 0 saturated carbocycles. The van der Waals surface area contributed by atoms with E-state index < -0.39 is 18.0 Å². The summed E-state index contributed by atoms with van der Waals surface area (Å²) in [4.78, 5) is 17.2. The number of nitrogens with zero attached hydrogens (tertiary/aromatic N) is 2. The van der Waals surface area contributed by atoms with E-state index in [0.29, 0.717) is 18.7 Å². The fraction of sp³-hybridized carbons (Fsp3) is 0.538. The lowest BCUT2D eigenvalue weighted by Crippen LogP contribution is -2.41. The van der Waals surface area contributed by atoms with E-state index in [2.05, 4.69) is 4.98 Å². The Morgan fingerprint density at radius 3 is 2.90 bits per heavy atom. The number of carbonyl (C=O) groups is 1. The van der Waals surface area contributed by atoms with Gasteiger partial charge < -0.3 is 0 Å². The summed E-state index contributed by atoms with van der Waals surface area (Å²) in [5.41, 5.74) is 2.68. The van der Waals surface area contributed by atoms with Crippen molar-refractivity contribution in [2.24, 2.45) is 11.8 Å². The van der Waals surface area contributed by atoms with E-state index in [-0.39, 0.29) is 25.2 Å². The van der Waals surface area contributed by atoms with Crippen molar-refractivity contribution in [3.8, 4) is 0 Å². The zero-order valence-electron chi connectivity index (χ0n) is 11.4. The van der Waals surface area contributed by atoms with Crippen LogP contribution in [0.25, 0.3) is 0 Å². The van der Waals surface area contributed by atoms with Crippen LogP contribution in [0.1, 0.15) is 29.0 Å². The first-order valence-corrected chi connectivity index (χ1v) is 6.66. The number of amides is 1. The maximum atomic E-state index is 12.8. The Labute approximate surface area is 120 Å². The van der Waals surface area contributed by atoms with Gasteiger partial charge in [0.05, 0.1) is 11.6 Å². The maximum absolute atomic E-state index is 12.8. The van der Waals surface area contributed by atoms with Crippen molar-refractivity contribution < 1.29 is 18.0 Å². The van der Waals surface area contributed by atoms with Crippen molar-refractivity contribution in [2.45, 2.75) is 25.6 Å². The van der Waals surface area contributed by atoms with Gasteiger partial charge in [-0.2, -0.15) is 13.2 Å². The molecule has 116 valence electrons. The Kier molecular flexibility index (Phi) is 4.79. The van der Waals surface area contributed by atoms with Gasteiger partial charge in [0.25, 0.3) is 5.91 Å². The van der Waals surface area contributed by atoms with Gasteiger partial charge in [0, 0.05) is 13.1 Å². The number of piperidine rings is 1. The quantitative estimate of drug-likeness (QED) is 0.504. The molecule has 1 unspecified atom stereocenters. The van der Waals surface area contributed by atoms with Gasteiger partial charge in [0.15, 0.2) is 0 Å². The lowest BCUT2D eigenvalue weighted by molar-refractivity contribution is -0.187. The second-order valence-electron chi connectivity index (χ2n) is 5.10. The number of pyridine rings is 1. The molecule has 0 bridgehead atoms. The number of hydrogen-bond donors (Lipinski definition) is 2. The molecule has 1 aliphatic heterocycles. The molecule has 5 nitrogen and oxygen atoms in total. The van der Waals surface area contributed by atoms with Crippen molar-refractivity contribution in [3.63, 3.8) is 0 Å². The van der Waals surface area contributed by atoms with E-state index in [1.807, 2.05) is 5.43 Å². The van der Waals surface area contributed by atoms with Crippen molar-refractivity contribution in [3.05, 3.63) is 29.6 Å². The molecule has 0 aromatic carbocycles. The minimum Gasteiger partial charge on any atom is -0.297 e. The smallest absolute Gasteiger partial charge is 0.297 e. The summed E-state index contributed by atoms with van der Waals surface area (Å²) in [6.07, 6.45) is -3.48. The average Bonchev–Trinajstić information content (AvgIpc) is 2.46. The Morgan fingerprint density at radius 2 is 2.24 bits per heavy atom. The third kappa shape index (κ3) is 4.15. The molecule has 0 spiro atoms. The number of halogens is 3. The van der Waals surface area contributed by atoms with Gasteiger partial charge in [-0.3, -0.25) is 15.1 Å². The van der Waals surface area contributed by atoms with E-state index in [4.69, 9.17) is 5.84 Å². The number of hydrazine groups is 1. The van der Waals surface area contributed by atoms with Crippen LogP contribution < -0.4 is 11.3 Å². The van der Waals surface area contributed by atoms with E-state index in [0.717, 1.165) is 0 Å². The Hall–Kier alpha value is -1.67. The Morgan fingerprint density at radius 1 is 1.48 bits per heavy atom. The molecular weight excluding hydrogens is 285 g/mol. The number of alkyl halides is 3. The molecule has 0 radical (unpaired) electrons. The summed E-state index contributed by atoms with van der Waals surface area (Å²) >= 11 is 0. The monoisotopic (exact) mass is 302 g/mol. The summed E-state index contributed by atoms with van der Waals surface area (Å²) in [5, 5.41) is 0. The fourth-order valence-corrected chi connectivity index (χ4v) is 2.46. The first-order chi connectivity index (χ1) is 9.90. The first kappa shape index (κ1) is 15.7. The molecule has 1 saturated heterocycles. The van der Waals surface area contributed by atoms with Crippen LogP contribution in [-0.4, -0.2) is 35.1 Å².